The number of rotatable bonds is 1. The maximum atomic E-state index is 11.8. The van der Waals surface area contributed by atoms with E-state index in [0.29, 0.717) is 11.3 Å². The number of nitrogens with one attached hydrogen (secondary N) is 1. The summed E-state index contributed by atoms with van der Waals surface area (Å²) in [6.07, 6.45) is 0. The van der Waals surface area contributed by atoms with Crippen LogP contribution in [-0.2, 0) is 7.05 Å². The van der Waals surface area contributed by atoms with Gasteiger partial charge in [-0.1, -0.05) is 12.1 Å². The van der Waals surface area contributed by atoms with Gasteiger partial charge in [0.1, 0.15) is 11.4 Å². The number of aromatic hydroxyl groups is 1. The Kier molecular flexibility index (Phi) is 2.76. The monoisotopic (exact) mass is 284 g/mol. The summed E-state index contributed by atoms with van der Waals surface area (Å²) in [5, 5.41) is 10.1. The molecule has 0 fully saturated rings. The largest absolute Gasteiger partial charge is 0.507 e. The number of H-pyrrole nitrogens is 1. The number of fused-ring (bicyclic) bond motifs is 1. The first-order chi connectivity index (χ1) is 9.99. The van der Waals surface area contributed by atoms with Gasteiger partial charge < -0.3 is 10.8 Å². The standard InChI is InChI=1S/C14H12N4O3/c1-18-12-8(13(20)17-14(18)21)6-9(15)11(16-12)7-4-2-3-5-10(7)19/h2-6,19H,15H2,1H3,(H,17,20,21). The number of pyridine rings is 1. The first kappa shape index (κ1) is 12.9. The highest BCUT2D eigenvalue weighted by Gasteiger charge is 2.14. The minimum Gasteiger partial charge on any atom is -0.507 e. The number of phenols is 1. The van der Waals surface area contributed by atoms with Gasteiger partial charge in [-0.3, -0.25) is 14.3 Å². The molecule has 0 aliphatic carbocycles. The second kappa shape index (κ2) is 4.48. The highest BCUT2D eigenvalue weighted by molar-refractivity contribution is 5.87. The van der Waals surface area contributed by atoms with E-state index < -0.39 is 11.2 Å². The topological polar surface area (TPSA) is 114 Å². The number of anilines is 1. The highest BCUT2D eigenvalue weighted by atomic mass is 16.3. The zero-order valence-electron chi connectivity index (χ0n) is 11.1. The number of nitrogen functional groups attached to an aromatic ring is 1. The van der Waals surface area contributed by atoms with Crippen molar-refractivity contribution in [1.29, 1.82) is 0 Å². The smallest absolute Gasteiger partial charge is 0.329 e. The van der Waals surface area contributed by atoms with Crippen molar-refractivity contribution in [3.63, 3.8) is 0 Å². The summed E-state index contributed by atoms with van der Waals surface area (Å²) in [7, 11) is 1.50. The molecule has 1 aromatic carbocycles. The molecule has 0 atom stereocenters. The number of aryl methyl sites for hydroxylation is 1. The van der Waals surface area contributed by atoms with Crippen LogP contribution in [0.3, 0.4) is 0 Å². The molecule has 0 spiro atoms. The van der Waals surface area contributed by atoms with E-state index in [1.807, 2.05) is 0 Å². The van der Waals surface area contributed by atoms with Gasteiger partial charge >= 0.3 is 5.69 Å². The molecular formula is C14H12N4O3. The van der Waals surface area contributed by atoms with Gasteiger partial charge in [0, 0.05) is 12.6 Å². The molecule has 0 radical (unpaired) electrons. The van der Waals surface area contributed by atoms with Gasteiger partial charge in [0.25, 0.3) is 5.56 Å². The summed E-state index contributed by atoms with van der Waals surface area (Å²) in [4.78, 5) is 29.9. The number of nitrogens with two attached hydrogens (primary N) is 1. The van der Waals surface area contributed by atoms with Crippen LogP contribution >= 0.6 is 0 Å². The number of hydrogen-bond acceptors (Lipinski definition) is 5. The molecule has 0 unspecified atom stereocenters. The lowest BCUT2D eigenvalue weighted by molar-refractivity contribution is 0.477. The minimum atomic E-state index is -0.562. The average Bonchev–Trinajstić information content (AvgIpc) is 2.45. The second-order valence-corrected chi connectivity index (χ2v) is 4.63. The fourth-order valence-corrected chi connectivity index (χ4v) is 2.18. The van der Waals surface area contributed by atoms with Crippen molar-refractivity contribution in [2.45, 2.75) is 0 Å². The van der Waals surface area contributed by atoms with Gasteiger partial charge in [0.2, 0.25) is 0 Å². The Labute approximate surface area is 118 Å². The van der Waals surface area contributed by atoms with Crippen LogP contribution in [0, 0.1) is 0 Å². The fourth-order valence-electron chi connectivity index (χ4n) is 2.18. The lowest BCUT2D eigenvalue weighted by Gasteiger charge is -2.10. The third kappa shape index (κ3) is 1.95. The Bertz CT molecular complexity index is 972. The number of para-hydroxylation sites is 1. The average molecular weight is 284 g/mol. The molecule has 3 rings (SSSR count). The van der Waals surface area contributed by atoms with Crippen molar-refractivity contribution in [3.05, 3.63) is 51.2 Å². The van der Waals surface area contributed by atoms with Gasteiger partial charge in [-0.15, -0.1) is 0 Å². The van der Waals surface area contributed by atoms with E-state index >= 15 is 0 Å². The van der Waals surface area contributed by atoms with Crippen molar-refractivity contribution < 1.29 is 5.11 Å². The van der Waals surface area contributed by atoms with Gasteiger partial charge in [-0.2, -0.15) is 0 Å². The van der Waals surface area contributed by atoms with Crippen LogP contribution in [0.25, 0.3) is 22.3 Å². The molecule has 3 aromatic rings. The lowest BCUT2D eigenvalue weighted by atomic mass is 10.1. The molecule has 4 N–H and O–H groups in total. The third-order valence-electron chi connectivity index (χ3n) is 3.28. The molecule has 0 amide bonds. The van der Waals surface area contributed by atoms with Crippen molar-refractivity contribution >= 4 is 16.7 Å². The minimum absolute atomic E-state index is 0.0193. The third-order valence-corrected chi connectivity index (χ3v) is 3.28. The van der Waals surface area contributed by atoms with E-state index in [0.717, 1.165) is 0 Å². The lowest BCUT2D eigenvalue weighted by Crippen LogP contribution is -2.29. The number of aromatic nitrogens is 3. The molecule has 0 saturated carbocycles. The summed E-state index contributed by atoms with van der Waals surface area (Å²) in [5.74, 6) is 0.0193. The van der Waals surface area contributed by atoms with E-state index in [-0.39, 0.29) is 22.5 Å². The molecule has 21 heavy (non-hydrogen) atoms. The van der Waals surface area contributed by atoms with Crippen LogP contribution in [0.4, 0.5) is 5.69 Å². The first-order valence-electron chi connectivity index (χ1n) is 6.17. The Balaban J connectivity index is 2.44. The van der Waals surface area contributed by atoms with Crippen LogP contribution in [0.2, 0.25) is 0 Å². The number of aromatic amines is 1. The summed E-state index contributed by atoms with van der Waals surface area (Å²) >= 11 is 0. The summed E-state index contributed by atoms with van der Waals surface area (Å²) in [5.41, 5.74) is 6.03. The van der Waals surface area contributed by atoms with E-state index in [9.17, 15) is 14.7 Å². The van der Waals surface area contributed by atoms with Gasteiger partial charge in [0.15, 0.2) is 0 Å². The highest BCUT2D eigenvalue weighted by Crippen LogP contribution is 2.32. The molecule has 0 bridgehead atoms. The normalized spacial score (nSPS) is 10.9. The van der Waals surface area contributed by atoms with E-state index in [1.54, 1.807) is 18.2 Å². The maximum Gasteiger partial charge on any atom is 0.329 e. The molecule has 106 valence electrons. The van der Waals surface area contributed by atoms with Gasteiger partial charge in [0.05, 0.1) is 16.8 Å². The summed E-state index contributed by atoms with van der Waals surface area (Å²) in [6, 6.07) is 8.03. The fraction of sp³-hybridized carbons (Fsp3) is 0.0714. The number of benzene rings is 1. The molecule has 2 aromatic heterocycles. The Hall–Kier alpha value is -3.09. The van der Waals surface area contributed by atoms with Crippen LogP contribution < -0.4 is 17.0 Å². The van der Waals surface area contributed by atoms with Crippen molar-refractivity contribution in [1.82, 2.24) is 14.5 Å². The number of nitrogens with zero attached hydrogens (tertiary/aromatic N) is 2. The van der Waals surface area contributed by atoms with Crippen molar-refractivity contribution in [2.24, 2.45) is 7.05 Å². The van der Waals surface area contributed by atoms with Gasteiger partial charge in [-0.25, -0.2) is 9.78 Å². The number of hydrogen-bond donors (Lipinski definition) is 3. The predicted octanol–water partition coefficient (Wildman–Crippen LogP) is 0.577. The van der Waals surface area contributed by atoms with E-state index in [1.165, 1.54) is 23.7 Å². The molecular weight excluding hydrogens is 272 g/mol. The number of phenolic OH excluding ortho intramolecular Hbond substituents is 1. The molecule has 7 nitrogen and oxygen atoms in total. The quantitative estimate of drug-likeness (QED) is 0.604. The molecule has 0 saturated heterocycles. The van der Waals surface area contributed by atoms with Gasteiger partial charge in [-0.05, 0) is 18.2 Å². The Morgan fingerprint density at radius 1 is 1.29 bits per heavy atom. The second-order valence-electron chi connectivity index (χ2n) is 4.63. The SMILES string of the molecule is Cn1c(=O)[nH]c(=O)c2cc(N)c(-c3ccccc3O)nc21. The molecule has 2 heterocycles. The van der Waals surface area contributed by atoms with E-state index in [4.69, 9.17) is 5.73 Å². The zero-order chi connectivity index (χ0) is 15.1. The van der Waals surface area contributed by atoms with Crippen LogP contribution in [0.1, 0.15) is 0 Å². The summed E-state index contributed by atoms with van der Waals surface area (Å²) < 4.78 is 1.22. The molecule has 0 aliphatic rings. The molecule has 7 heteroatoms. The maximum absolute atomic E-state index is 11.8. The van der Waals surface area contributed by atoms with E-state index in [2.05, 4.69) is 9.97 Å². The Morgan fingerprint density at radius 2 is 2.00 bits per heavy atom. The van der Waals surface area contributed by atoms with Crippen LogP contribution in [-0.4, -0.2) is 19.6 Å². The van der Waals surface area contributed by atoms with Crippen molar-refractivity contribution in [2.75, 3.05) is 5.73 Å². The van der Waals surface area contributed by atoms with Crippen LogP contribution in [0.5, 0.6) is 5.75 Å². The summed E-state index contributed by atoms with van der Waals surface area (Å²) in [6.45, 7) is 0. The zero-order valence-corrected chi connectivity index (χ0v) is 11.1. The predicted molar refractivity (Wildman–Crippen MR) is 79.1 cm³/mol. The first-order valence-corrected chi connectivity index (χ1v) is 6.17. The molecule has 0 aliphatic heterocycles. The van der Waals surface area contributed by atoms with Crippen LogP contribution in [0.15, 0.2) is 39.9 Å². The van der Waals surface area contributed by atoms with Crippen molar-refractivity contribution in [3.8, 4) is 17.0 Å². The Morgan fingerprint density at radius 3 is 2.71 bits per heavy atom.